The minimum atomic E-state index is -0.238. The minimum absolute atomic E-state index is 0.139. The van der Waals surface area contributed by atoms with Crippen LogP contribution in [-0.4, -0.2) is 4.75 Å². The Kier molecular flexibility index (Phi) is 14.1. The highest BCUT2D eigenvalue weighted by Crippen LogP contribution is 2.46. The van der Waals surface area contributed by atoms with Gasteiger partial charge in [0, 0.05) is 15.1 Å². The van der Waals surface area contributed by atoms with Gasteiger partial charge in [-0.3, -0.25) is 0 Å². The second kappa shape index (κ2) is 16.5. The zero-order valence-electron chi connectivity index (χ0n) is 29.0. The highest BCUT2D eigenvalue weighted by molar-refractivity contribution is 8.00. The van der Waals surface area contributed by atoms with Gasteiger partial charge in [0.05, 0.1) is 0 Å². The molecule has 234 valence electrons. The number of hydrogen-bond donors (Lipinski definition) is 0. The lowest BCUT2D eigenvalue weighted by atomic mass is 9.66. The number of thioether (sulfide) groups is 1. The van der Waals surface area contributed by atoms with Crippen molar-refractivity contribution in [2.24, 2.45) is 11.3 Å². The maximum atomic E-state index is 4.72. The summed E-state index contributed by atoms with van der Waals surface area (Å²) in [6.45, 7) is 33.3. The van der Waals surface area contributed by atoms with Gasteiger partial charge in [-0.15, -0.1) is 11.8 Å². The van der Waals surface area contributed by atoms with E-state index in [4.69, 9.17) is 6.58 Å². The Morgan fingerprint density at radius 2 is 1.56 bits per heavy atom. The topological polar surface area (TPSA) is 0 Å². The Hall–Kier alpha value is -2.51. The molecule has 2 rings (SSSR count). The molecule has 0 amide bonds. The molecule has 0 N–H and O–H groups in total. The van der Waals surface area contributed by atoms with Crippen LogP contribution in [0, 0.1) is 11.3 Å². The van der Waals surface area contributed by atoms with Crippen molar-refractivity contribution in [3.8, 4) is 0 Å². The molecule has 0 bridgehead atoms. The van der Waals surface area contributed by atoms with Crippen molar-refractivity contribution < 1.29 is 0 Å². The van der Waals surface area contributed by atoms with E-state index in [2.05, 4.69) is 142 Å². The highest BCUT2D eigenvalue weighted by Gasteiger charge is 2.36. The summed E-state index contributed by atoms with van der Waals surface area (Å²) >= 11 is 1.95. The molecule has 0 aliphatic rings. The summed E-state index contributed by atoms with van der Waals surface area (Å²) in [5.74, 6) is 0.579. The first-order valence-electron chi connectivity index (χ1n) is 16.2. The lowest BCUT2D eigenvalue weighted by Crippen LogP contribution is -2.30. The van der Waals surface area contributed by atoms with Crippen LogP contribution >= 0.6 is 11.8 Å². The molecule has 1 heteroatoms. The van der Waals surface area contributed by atoms with Crippen LogP contribution in [0.1, 0.15) is 118 Å². The second-order valence-corrected chi connectivity index (χ2v) is 16.7. The molecule has 2 aromatic carbocycles. The van der Waals surface area contributed by atoms with Gasteiger partial charge in [-0.2, -0.15) is 0 Å². The number of benzene rings is 2. The number of hydrogen-bond acceptors (Lipinski definition) is 1. The quantitative estimate of drug-likeness (QED) is 0.0804. The molecular formula is C42H60S. The van der Waals surface area contributed by atoms with E-state index < -0.39 is 0 Å². The van der Waals surface area contributed by atoms with Crippen LogP contribution in [0.4, 0.5) is 0 Å². The molecular weight excluding hydrogens is 537 g/mol. The van der Waals surface area contributed by atoms with Crippen molar-refractivity contribution in [2.75, 3.05) is 0 Å². The molecule has 0 nitrogen and oxygen atoms in total. The fourth-order valence-electron chi connectivity index (χ4n) is 5.82. The Morgan fingerprint density at radius 3 is 2.14 bits per heavy atom. The Labute approximate surface area is 270 Å². The molecule has 0 aromatic heterocycles. The van der Waals surface area contributed by atoms with Crippen LogP contribution in [0.2, 0.25) is 0 Å². The Morgan fingerprint density at radius 1 is 0.907 bits per heavy atom. The summed E-state index contributed by atoms with van der Waals surface area (Å²) in [6, 6.07) is 18.8. The number of allylic oxidation sites excluding steroid dienone is 7. The van der Waals surface area contributed by atoms with Gasteiger partial charge in [0.2, 0.25) is 0 Å². The molecule has 0 heterocycles. The molecule has 2 aromatic rings. The normalized spacial score (nSPS) is 14.9. The van der Waals surface area contributed by atoms with Gasteiger partial charge >= 0.3 is 0 Å². The third kappa shape index (κ3) is 12.6. The first kappa shape index (κ1) is 36.7. The standard InChI is InChI=1S/C42H60S/c1-13-15-22-35(14-2)31-42(29-33(5)20-16-17-21-34(6)32(3)4,37-24-18-23-36(27-37)30-40(7,8)9)38-25-19-26-39(28-38)43-41(10,11)12/h13-15,18-19,22-28,34H,1,3,5,16-17,20-21,29-31H2,2,4,6-12H3/b22-15-,35-14+. The largest absolute Gasteiger partial charge is 0.120 e. The van der Waals surface area contributed by atoms with Gasteiger partial charge in [0.1, 0.15) is 0 Å². The minimum Gasteiger partial charge on any atom is -0.120 e. The lowest BCUT2D eigenvalue weighted by molar-refractivity contribution is 0.410. The highest BCUT2D eigenvalue weighted by atomic mass is 32.2. The monoisotopic (exact) mass is 596 g/mol. The lowest BCUT2D eigenvalue weighted by Gasteiger charge is -2.38. The fourth-order valence-corrected chi connectivity index (χ4v) is 6.86. The molecule has 0 aliphatic carbocycles. The molecule has 0 fully saturated rings. The maximum Gasteiger partial charge on any atom is 0.0280 e. The average molecular weight is 597 g/mol. The van der Waals surface area contributed by atoms with Gasteiger partial charge in [-0.25, -0.2) is 0 Å². The summed E-state index contributed by atoms with van der Waals surface area (Å²) in [5, 5.41) is 0. The molecule has 0 spiro atoms. The molecule has 0 radical (unpaired) electrons. The summed E-state index contributed by atoms with van der Waals surface area (Å²) in [7, 11) is 0. The summed E-state index contributed by atoms with van der Waals surface area (Å²) in [4.78, 5) is 1.32. The van der Waals surface area contributed by atoms with E-state index in [0.717, 1.165) is 25.7 Å². The van der Waals surface area contributed by atoms with Crippen LogP contribution in [0.25, 0.3) is 0 Å². The molecule has 2 unspecified atom stereocenters. The Balaban J connectivity index is 2.70. The Bertz CT molecular complexity index is 1210. The van der Waals surface area contributed by atoms with Crippen LogP contribution < -0.4 is 0 Å². The molecule has 2 atom stereocenters. The molecule has 43 heavy (non-hydrogen) atoms. The summed E-state index contributed by atoms with van der Waals surface area (Å²) < 4.78 is 0.139. The molecule has 0 saturated heterocycles. The molecule has 0 aliphatic heterocycles. The third-order valence-corrected chi connectivity index (χ3v) is 9.26. The van der Waals surface area contributed by atoms with Crippen LogP contribution in [0.5, 0.6) is 0 Å². The summed E-state index contributed by atoms with van der Waals surface area (Å²) in [5.41, 5.74) is 8.08. The van der Waals surface area contributed by atoms with Crippen LogP contribution in [-0.2, 0) is 11.8 Å². The number of unbranched alkanes of at least 4 members (excludes halogenated alkanes) is 1. The third-order valence-electron chi connectivity index (χ3n) is 8.16. The van der Waals surface area contributed by atoms with Gasteiger partial charge in [-0.1, -0.05) is 152 Å². The first-order valence-corrected chi connectivity index (χ1v) is 17.1. The van der Waals surface area contributed by atoms with Crippen LogP contribution in [0.15, 0.2) is 114 Å². The summed E-state index contributed by atoms with van der Waals surface area (Å²) in [6.07, 6.45) is 15.9. The van der Waals surface area contributed by atoms with E-state index in [9.17, 15) is 0 Å². The van der Waals surface area contributed by atoms with Crippen molar-refractivity contribution in [1.82, 2.24) is 0 Å². The van der Waals surface area contributed by atoms with E-state index in [0.29, 0.717) is 5.92 Å². The van der Waals surface area contributed by atoms with E-state index in [1.54, 1.807) is 0 Å². The van der Waals surface area contributed by atoms with Gasteiger partial charge < -0.3 is 0 Å². The van der Waals surface area contributed by atoms with Gasteiger partial charge in [0.25, 0.3) is 0 Å². The van der Waals surface area contributed by atoms with E-state index in [-0.39, 0.29) is 15.6 Å². The van der Waals surface area contributed by atoms with E-state index in [1.807, 2.05) is 17.8 Å². The van der Waals surface area contributed by atoms with E-state index >= 15 is 0 Å². The maximum absolute atomic E-state index is 4.72. The zero-order chi connectivity index (χ0) is 32.3. The van der Waals surface area contributed by atoms with Crippen molar-refractivity contribution in [1.29, 1.82) is 0 Å². The smallest absolute Gasteiger partial charge is 0.0280 e. The van der Waals surface area contributed by atoms with E-state index in [1.165, 1.54) is 57.6 Å². The zero-order valence-corrected chi connectivity index (χ0v) is 29.8. The molecule has 0 saturated carbocycles. The predicted molar refractivity (Wildman–Crippen MR) is 196 cm³/mol. The van der Waals surface area contributed by atoms with Gasteiger partial charge in [0.15, 0.2) is 0 Å². The predicted octanol–water partition coefficient (Wildman–Crippen LogP) is 13.2. The van der Waals surface area contributed by atoms with Crippen LogP contribution in [0.3, 0.4) is 0 Å². The second-order valence-electron chi connectivity index (χ2n) is 14.8. The SMILES string of the molecule is C=C/C=C\C(=C/C)CC(CC(=C)CCCCC(C)C(=C)C)(c1cccc(CC(C)(C)C)c1)c1cccc(SC(C)(C)C)c1. The average Bonchev–Trinajstić information content (AvgIpc) is 2.91. The van der Waals surface area contributed by atoms with Crippen molar-refractivity contribution in [3.05, 3.63) is 126 Å². The van der Waals surface area contributed by atoms with Gasteiger partial charge in [-0.05, 0) is 92.5 Å². The van der Waals surface area contributed by atoms with Crippen molar-refractivity contribution >= 4 is 11.8 Å². The van der Waals surface area contributed by atoms with Crippen molar-refractivity contribution in [2.45, 2.75) is 122 Å². The fraction of sp³-hybridized carbons (Fsp3) is 0.476. The first-order chi connectivity index (χ1) is 20.1. The van der Waals surface area contributed by atoms with Crippen molar-refractivity contribution in [3.63, 3.8) is 0 Å². The number of rotatable bonds is 16.